The summed E-state index contributed by atoms with van der Waals surface area (Å²) in [5.41, 5.74) is 0.674. The van der Waals surface area contributed by atoms with Gasteiger partial charge in [-0.25, -0.2) is 0 Å². The molecule has 0 spiro atoms. The minimum Gasteiger partial charge on any atom is -0.508 e. The van der Waals surface area contributed by atoms with Crippen LogP contribution in [0.25, 0.3) is 0 Å². The van der Waals surface area contributed by atoms with Gasteiger partial charge in [0.2, 0.25) is 0 Å². The SMILES string of the molecule is CCc1ccsc1CNC(=O)c1cc(O)ccc1[N+](=O)[O-]. The molecule has 0 aliphatic rings. The van der Waals surface area contributed by atoms with E-state index in [4.69, 9.17) is 0 Å². The van der Waals surface area contributed by atoms with Crippen LogP contribution in [0.3, 0.4) is 0 Å². The number of hydrogen-bond donors (Lipinski definition) is 2. The Morgan fingerprint density at radius 1 is 1.43 bits per heavy atom. The van der Waals surface area contributed by atoms with Crippen molar-refractivity contribution in [1.29, 1.82) is 0 Å². The number of amides is 1. The van der Waals surface area contributed by atoms with E-state index >= 15 is 0 Å². The van der Waals surface area contributed by atoms with Gasteiger partial charge in [0.05, 0.1) is 11.5 Å². The van der Waals surface area contributed by atoms with E-state index in [1.807, 2.05) is 18.4 Å². The summed E-state index contributed by atoms with van der Waals surface area (Å²) in [4.78, 5) is 23.4. The Balaban J connectivity index is 2.17. The molecule has 0 aliphatic carbocycles. The number of phenolic OH excluding ortho intramolecular Hbond substituents is 1. The molecule has 0 aliphatic heterocycles. The van der Waals surface area contributed by atoms with Crippen molar-refractivity contribution in [3.8, 4) is 5.75 Å². The van der Waals surface area contributed by atoms with Crippen molar-refractivity contribution >= 4 is 22.9 Å². The lowest BCUT2D eigenvalue weighted by atomic mass is 10.1. The molecule has 0 fully saturated rings. The van der Waals surface area contributed by atoms with Gasteiger partial charge in [0.15, 0.2) is 0 Å². The molecule has 2 N–H and O–H groups in total. The van der Waals surface area contributed by atoms with Gasteiger partial charge in [-0.2, -0.15) is 0 Å². The number of benzene rings is 1. The molecule has 1 amide bonds. The molecule has 0 atom stereocenters. The average molecular weight is 306 g/mol. The number of aromatic hydroxyl groups is 1. The summed E-state index contributed by atoms with van der Waals surface area (Å²) in [6.07, 6.45) is 0.862. The number of nitrogens with zero attached hydrogens (tertiary/aromatic N) is 1. The third kappa shape index (κ3) is 3.38. The number of carbonyl (C=O) groups is 1. The molecule has 6 nitrogen and oxygen atoms in total. The zero-order chi connectivity index (χ0) is 15.4. The lowest BCUT2D eigenvalue weighted by molar-refractivity contribution is -0.385. The van der Waals surface area contributed by atoms with Crippen LogP contribution in [0.2, 0.25) is 0 Å². The van der Waals surface area contributed by atoms with Gasteiger partial charge >= 0.3 is 0 Å². The summed E-state index contributed by atoms with van der Waals surface area (Å²) in [5, 5.41) is 24.9. The largest absolute Gasteiger partial charge is 0.508 e. The van der Waals surface area contributed by atoms with E-state index in [0.717, 1.165) is 29.0 Å². The number of nitro benzene ring substituents is 1. The zero-order valence-electron chi connectivity index (χ0n) is 11.3. The van der Waals surface area contributed by atoms with Crippen LogP contribution in [0.4, 0.5) is 5.69 Å². The third-order valence-corrected chi connectivity index (χ3v) is 4.01. The highest BCUT2D eigenvalue weighted by Crippen LogP contribution is 2.23. The highest BCUT2D eigenvalue weighted by atomic mass is 32.1. The molecule has 7 heteroatoms. The monoisotopic (exact) mass is 306 g/mol. The number of nitrogens with one attached hydrogen (secondary N) is 1. The number of nitro groups is 1. The molecule has 0 saturated heterocycles. The molecule has 2 rings (SSSR count). The Hall–Kier alpha value is -2.41. The first-order chi connectivity index (χ1) is 10.0. The van der Waals surface area contributed by atoms with Crippen LogP contribution < -0.4 is 5.32 Å². The summed E-state index contributed by atoms with van der Waals surface area (Å²) in [5.74, 6) is -0.760. The highest BCUT2D eigenvalue weighted by Gasteiger charge is 2.20. The lowest BCUT2D eigenvalue weighted by Gasteiger charge is -2.06. The number of hydrogen-bond acceptors (Lipinski definition) is 5. The van der Waals surface area contributed by atoms with Crippen LogP contribution in [0.5, 0.6) is 5.75 Å². The quantitative estimate of drug-likeness (QED) is 0.656. The topological polar surface area (TPSA) is 92.5 Å². The molecule has 110 valence electrons. The second-order valence-electron chi connectivity index (χ2n) is 4.36. The molecular formula is C14H14N2O4S. The van der Waals surface area contributed by atoms with E-state index in [0.29, 0.717) is 6.54 Å². The number of carbonyl (C=O) groups excluding carboxylic acids is 1. The fraction of sp³-hybridized carbons (Fsp3) is 0.214. The van der Waals surface area contributed by atoms with E-state index in [1.54, 1.807) is 0 Å². The van der Waals surface area contributed by atoms with Gasteiger partial charge in [0.1, 0.15) is 11.3 Å². The molecule has 0 bridgehead atoms. The maximum absolute atomic E-state index is 12.1. The maximum atomic E-state index is 12.1. The predicted octanol–water partition coefficient (Wildman–Crippen LogP) is 2.85. The molecular weight excluding hydrogens is 292 g/mol. The summed E-state index contributed by atoms with van der Waals surface area (Å²) < 4.78 is 0. The van der Waals surface area contributed by atoms with Crippen LogP contribution in [0.15, 0.2) is 29.6 Å². The van der Waals surface area contributed by atoms with E-state index < -0.39 is 10.8 Å². The molecule has 1 heterocycles. The van der Waals surface area contributed by atoms with Crippen LogP contribution in [-0.2, 0) is 13.0 Å². The maximum Gasteiger partial charge on any atom is 0.282 e. The minimum atomic E-state index is -0.642. The van der Waals surface area contributed by atoms with Gasteiger partial charge in [-0.1, -0.05) is 6.92 Å². The fourth-order valence-corrected chi connectivity index (χ4v) is 2.87. The van der Waals surface area contributed by atoms with Crippen LogP contribution >= 0.6 is 11.3 Å². The van der Waals surface area contributed by atoms with Crippen molar-refractivity contribution in [3.05, 3.63) is 55.8 Å². The van der Waals surface area contributed by atoms with E-state index in [-0.39, 0.29) is 17.0 Å². The standard InChI is InChI=1S/C14H14N2O4S/c1-2-9-5-6-21-13(9)8-15-14(18)11-7-10(17)3-4-12(11)16(19)20/h3-7,17H,2,8H2,1H3,(H,15,18). The number of rotatable bonds is 5. The Kier molecular flexibility index (Phi) is 4.54. The highest BCUT2D eigenvalue weighted by molar-refractivity contribution is 7.10. The molecule has 2 aromatic rings. The number of aryl methyl sites for hydroxylation is 1. The second kappa shape index (κ2) is 6.36. The van der Waals surface area contributed by atoms with Crippen LogP contribution in [0, 0.1) is 10.1 Å². The molecule has 1 aromatic carbocycles. The molecule has 21 heavy (non-hydrogen) atoms. The van der Waals surface area contributed by atoms with E-state index in [1.165, 1.54) is 17.4 Å². The van der Waals surface area contributed by atoms with Gasteiger partial charge < -0.3 is 10.4 Å². The number of phenols is 1. The molecule has 0 saturated carbocycles. The van der Waals surface area contributed by atoms with Crippen LogP contribution in [0.1, 0.15) is 27.7 Å². The van der Waals surface area contributed by atoms with Gasteiger partial charge in [-0.15, -0.1) is 11.3 Å². The Morgan fingerprint density at radius 3 is 2.86 bits per heavy atom. The van der Waals surface area contributed by atoms with Crippen LogP contribution in [-0.4, -0.2) is 15.9 Å². The van der Waals surface area contributed by atoms with Gasteiger partial charge in [-0.3, -0.25) is 14.9 Å². The Bertz CT molecular complexity index is 681. The first-order valence-corrected chi connectivity index (χ1v) is 7.21. The van der Waals surface area contributed by atoms with Crippen molar-refractivity contribution in [3.63, 3.8) is 0 Å². The third-order valence-electron chi connectivity index (χ3n) is 3.05. The van der Waals surface area contributed by atoms with Gasteiger partial charge in [-0.05, 0) is 35.6 Å². The molecule has 1 aromatic heterocycles. The molecule has 0 radical (unpaired) electrons. The first-order valence-electron chi connectivity index (χ1n) is 6.33. The fourth-order valence-electron chi connectivity index (χ4n) is 1.96. The van der Waals surface area contributed by atoms with Crippen molar-refractivity contribution in [2.75, 3.05) is 0 Å². The smallest absolute Gasteiger partial charge is 0.282 e. The number of thiophene rings is 1. The van der Waals surface area contributed by atoms with E-state index in [9.17, 15) is 20.0 Å². The summed E-state index contributed by atoms with van der Waals surface area (Å²) >= 11 is 1.53. The Morgan fingerprint density at radius 2 is 2.19 bits per heavy atom. The molecule has 0 unspecified atom stereocenters. The predicted molar refractivity (Wildman–Crippen MR) is 79.6 cm³/mol. The van der Waals surface area contributed by atoms with Gasteiger partial charge in [0, 0.05) is 10.9 Å². The average Bonchev–Trinajstić information content (AvgIpc) is 2.91. The lowest BCUT2D eigenvalue weighted by Crippen LogP contribution is -2.23. The van der Waals surface area contributed by atoms with Crippen molar-refractivity contribution < 1.29 is 14.8 Å². The van der Waals surface area contributed by atoms with Crippen molar-refractivity contribution in [2.45, 2.75) is 19.9 Å². The summed E-state index contributed by atoms with van der Waals surface area (Å²) in [7, 11) is 0. The zero-order valence-corrected chi connectivity index (χ0v) is 12.1. The normalized spacial score (nSPS) is 10.3. The second-order valence-corrected chi connectivity index (χ2v) is 5.36. The minimum absolute atomic E-state index is 0.144. The van der Waals surface area contributed by atoms with Gasteiger partial charge in [0.25, 0.3) is 11.6 Å². The Labute approximate surface area is 125 Å². The summed E-state index contributed by atoms with van der Waals surface area (Å²) in [6, 6.07) is 5.39. The summed E-state index contributed by atoms with van der Waals surface area (Å²) in [6.45, 7) is 2.33. The van der Waals surface area contributed by atoms with Crippen molar-refractivity contribution in [2.24, 2.45) is 0 Å². The van der Waals surface area contributed by atoms with Crippen molar-refractivity contribution in [1.82, 2.24) is 5.32 Å². The first kappa shape index (κ1) is 15.0. The van der Waals surface area contributed by atoms with E-state index in [2.05, 4.69) is 5.32 Å².